The van der Waals surface area contributed by atoms with Crippen LogP contribution in [0.5, 0.6) is 0 Å². The van der Waals surface area contributed by atoms with Gasteiger partial charge >= 0.3 is 5.97 Å². The van der Waals surface area contributed by atoms with Crippen molar-refractivity contribution in [3.63, 3.8) is 0 Å². The second kappa shape index (κ2) is 5.62. The lowest BCUT2D eigenvalue weighted by Gasteiger charge is -2.11. The number of nitrogens with zero attached hydrogens (tertiary/aromatic N) is 1. The number of carboxylic acids is 1. The summed E-state index contributed by atoms with van der Waals surface area (Å²) in [7, 11) is 0. The van der Waals surface area contributed by atoms with Gasteiger partial charge < -0.3 is 10.4 Å². The van der Waals surface area contributed by atoms with Gasteiger partial charge in [0.05, 0.1) is 16.1 Å². The second-order valence-electron chi connectivity index (χ2n) is 4.72. The predicted octanol–water partition coefficient (Wildman–Crippen LogP) is 3.65. The highest BCUT2D eigenvalue weighted by Crippen LogP contribution is 2.30. The minimum Gasteiger partial charge on any atom is -0.478 e. The van der Waals surface area contributed by atoms with Gasteiger partial charge in [0.25, 0.3) is 5.69 Å². The predicted molar refractivity (Wildman–Crippen MR) is 79.3 cm³/mol. The van der Waals surface area contributed by atoms with Gasteiger partial charge in [-0.1, -0.05) is 12.1 Å². The van der Waals surface area contributed by atoms with Gasteiger partial charge in [-0.05, 0) is 37.6 Å². The molecule has 2 N–H and O–H groups in total. The third-order valence-corrected chi connectivity index (χ3v) is 3.12. The highest BCUT2D eigenvalue weighted by molar-refractivity contribution is 5.91. The fourth-order valence-electron chi connectivity index (χ4n) is 2.02. The van der Waals surface area contributed by atoms with E-state index >= 15 is 0 Å². The molecule has 2 aromatic carbocycles. The lowest BCUT2D eigenvalue weighted by Crippen LogP contribution is -2.03. The van der Waals surface area contributed by atoms with Crippen molar-refractivity contribution < 1.29 is 14.8 Å². The van der Waals surface area contributed by atoms with E-state index in [2.05, 4.69) is 5.32 Å². The van der Waals surface area contributed by atoms with Gasteiger partial charge in [0.1, 0.15) is 0 Å². The Morgan fingerprint density at radius 3 is 2.52 bits per heavy atom. The molecule has 0 saturated carbocycles. The summed E-state index contributed by atoms with van der Waals surface area (Å²) >= 11 is 0. The molecule has 108 valence electrons. The van der Waals surface area contributed by atoms with E-state index in [-0.39, 0.29) is 11.3 Å². The molecule has 0 aliphatic heterocycles. The third kappa shape index (κ3) is 3.17. The fourth-order valence-corrected chi connectivity index (χ4v) is 2.02. The van der Waals surface area contributed by atoms with Gasteiger partial charge in [-0.15, -0.1) is 0 Å². The van der Waals surface area contributed by atoms with E-state index in [1.807, 2.05) is 31.2 Å². The number of anilines is 2. The molecule has 0 amide bonds. The van der Waals surface area contributed by atoms with E-state index in [1.165, 1.54) is 6.07 Å². The van der Waals surface area contributed by atoms with Crippen LogP contribution in [0.3, 0.4) is 0 Å². The van der Waals surface area contributed by atoms with E-state index in [0.717, 1.165) is 17.3 Å². The van der Waals surface area contributed by atoms with Crippen molar-refractivity contribution in [1.29, 1.82) is 0 Å². The van der Waals surface area contributed by atoms with Crippen molar-refractivity contribution in [3.05, 3.63) is 63.2 Å². The Kier molecular flexibility index (Phi) is 3.89. The van der Waals surface area contributed by atoms with Crippen LogP contribution in [-0.4, -0.2) is 16.0 Å². The van der Waals surface area contributed by atoms with Crippen LogP contribution in [0.1, 0.15) is 21.5 Å². The molecule has 0 bridgehead atoms. The Hall–Kier alpha value is -2.89. The zero-order chi connectivity index (χ0) is 15.6. The Morgan fingerprint density at radius 2 is 1.95 bits per heavy atom. The van der Waals surface area contributed by atoms with E-state index in [1.54, 1.807) is 6.92 Å². The minimum absolute atomic E-state index is 0.123. The first-order valence-corrected chi connectivity index (χ1v) is 6.24. The average molecular weight is 286 g/mol. The van der Waals surface area contributed by atoms with Gasteiger partial charge in [0.2, 0.25) is 0 Å². The summed E-state index contributed by atoms with van der Waals surface area (Å²) < 4.78 is 0. The lowest BCUT2D eigenvalue weighted by molar-refractivity contribution is -0.385. The fraction of sp³-hybridized carbons (Fsp3) is 0.133. The minimum atomic E-state index is -1.20. The second-order valence-corrected chi connectivity index (χ2v) is 4.72. The summed E-state index contributed by atoms with van der Waals surface area (Å²) in [5.74, 6) is -1.20. The van der Waals surface area contributed by atoms with E-state index in [9.17, 15) is 14.9 Å². The van der Waals surface area contributed by atoms with Gasteiger partial charge in [-0.3, -0.25) is 10.1 Å². The molecule has 0 heterocycles. The van der Waals surface area contributed by atoms with Crippen LogP contribution in [0.2, 0.25) is 0 Å². The molecule has 2 rings (SSSR count). The molecule has 21 heavy (non-hydrogen) atoms. The summed E-state index contributed by atoms with van der Waals surface area (Å²) in [5, 5.41) is 23.1. The first-order chi connectivity index (χ1) is 9.88. The lowest BCUT2D eigenvalue weighted by atomic mass is 10.1. The first kappa shape index (κ1) is 14.5. The van der Waals surface area contributed by atoms with Crippen molar-refractivity contribution in [3.8, 4) is 0 Å². The van der Waals surface area contributed by atoms with Gasteiger partial charge in [-0.25, -0.2) is 4.79 Å². The molecule has 0 aliphatic rings. The zero-order valence-electron chi connectivity index (χ0n) is 11.6. The van der Waals surface area contributed by atoms with Crippen LogP contribution in [0.15, 0.2) is 36.4 Å². The topological polar surface area (TPSA) is 92.5 Å². The number of aromatic carboxylic acids is 1. The molecule has 0 spiro atoms. The number of nitro groups is 1. The normalized spacial score (nSPS) is 10.2. The van der Waals surface area contributed by atoms with Crippen LogP contribution in [0, 0.1) is 24.0 Å². The maximum absolute atomic E-state index is 11.1. The Balaban J connectivity index is 2.51. The van der Waals surface area contributed by atoms with E-state index in [4.69, 9.17) is 5.11 Å². The Bertz CT molecular complexity index is 726. The number of nitrogens with one attached hydrogen (secondary N) is 1. The van der Waals surface area contributed by atoms with Crippen molar-refractivity contribution in [2.24, 2.45) is 0 Å². The molecule has 6 nitrogen and oxygen atoms in total. The van der Waals surface area contributed by atoms with Crippen LogP contribution < -0.4 is 5.32 Å². The number of benzene rings is 2. The smallest absolute Gasteiger partial charge is 0.336 e. The molecule has 0 fully saturated rings. The number of hydrogen-bond donors (Lipinski definition) is 2. The number of carbonyl (C=O) groups is 1. The van der Waals surface area contributed by atoms with Crippen molar-refractivity contribution in [1.82, 2.24) is 0 Å². The molecule has 0 atom stereocenters. The maximum atomic E-state index is 11.1. The molecule has 0 radical (unpaired) electrons. The van der Waals surface area contributed by atoms with Crippen molar-refractivity contribution in [2.45, 2.75) is 13.8 Å². The van der Waals surface area contributed by atoms with Crippen molar-refractivity contribution >= 4 is 23.0 Å². The molecule has 0 unspecified atom stereocenters. The highest BCUT2D eigenvalue weighted by atomic mass is 16.6. The molecular weight excluding hydrogens is 272 g/mol. The summed E-state index contributed by atoms with van der Waals surface area (Å²) in [6, 6.07) is 9.92. The zero-order valence-corrected chi connectivity index (χ0v) is 11.6. The number of nitro benzene ring substituents is 1. The summed E-state index contributed by atoms with van der Waals surface area (Å²) in [5.41, 5.74) is 2.24. The number of rotatable bonds is 4. The van der Waals surface area contributed by atoms with Crippen molar-refractivity contribution in [2.75, 3.05) is 5.32 Å². The standard InChI is InChI=1S/C15H14N2O4/c1-9-4-3-5-12(6-9)16-13-7-11(15(18)19)8-14(10(13)2)17(20)21/h3-8,16H,1-2H3,(H,18,19). The Morgan fingerprint density at radius 1 is 1.24 bits per heavy atom. The first-order valence-electron chi connectivity index (χ1n) is 6.24. The number of hydrogen-bond acceptors (Lipinski definition) is 4. The molecular formula is C15H14N2O4. The van der Waals surface area contributed by atoms with Crippen LogP contribution in [0.4, 0.5) is 17.1 Å². The van der Waals surface area contributed by atoms with Gasteiger partial charge in [0.15, 0.2) is 0 Å². The summed E-state index contributed by atoms with van der Waals surface area (Å²) in [6.07, 6.45) is 0. The van der Waals surface area contributed by atoms with Crippen LogP contribution >= 0.6 is 0 Å². The molecule has 0 aliphatic carbocycles. The average Bonchev–Trinajstić information content (AvgIpc) is 2.40. The molecule has 0 aromatic heterocycles. The Labute approximate surface area is 121 Å². The summed E-state index contributed by atoms with van der Waals surface area (Å²) in [4.78, 5) is 21.6. The monoisotopic (exact) mass is 286 g/mol. The third-order valence-electron chi connectivity index (χ3n) is 3.12. The van der Waals surface area contributed by atoms with E-state index in [0.29, 0.717) is 11.3 Å². The van der Waals surface area contributed by atoms with Crippen LogP contribution in [0.25, 0.3) is 0 Å². The largest absolute Gasteiger partial charge is 0.478 e. The van der Waals surface area contributed by atoms with Crippen LogP contribution in [-0.2, 0) is 0 Å². The maximum Gasteiger partial charge on any atom is 0.336 e. The SMILES string of the molecule is Cc1cccc(Nc2cc(C(=O)O)cc([N+](=O)[O-])c2C)c1. The molecule has 0 saturated heterocycles. The van der Waals surface area contributed by atoms with Gasteiger partial charge in [0, 0.05) is 17.4 Å². The van der Waals surface area contributed by atoms with E-state index < -0.39 is 10.9 Å². The molecule has 6 heteroatoms. The van der Waals surface area contributed by atoms with Gasteiger partial charge in [-0.2, -0.15) is 0 Å². The number of carboxylic acid groups (broad SMARTS) is 1. The molecule has 2 aromatic rings. The highest BCUT2D eigenvalue weighted by Gasteiger charge is 2.19. The quantitative estimate of drug-likeness (QED) is 0.661. The summed E-state index contributed by atoms with van der Waals surface area (Å²) in [6.45, 7) is 3.51. The number of aryl methyl sites for hydroxylation is 1.